The largest absolute Gasteiger partial charge is 0.481 e. The van der Waals surface area contributed by atoms with E-state index in [-0.39, 0.29) is 18.5 Å². The van der Waals surface area contributed by atoms with Gasteiger partial charge in [0, 0.05) is 38.8 Å². The minimum atomic E-state index is -0.732. The van der Waals surface area contributed by atoms with E-state index in [1.54, 1.807) is 0 Å². The number of rotatable bonds is 4. The molecule has 0 atom stereocenters. The van der Waals surface area contributed by atoms with Gasteiger partial charge < -0.3 is 20.1 Å². The first kappa shape index (κ1) is 15.1. The van der Waals surface area contributed by atoms with Crippen LogP contribution in [0.4, 0.5) is 4.79 Å². The number of hydrogen-bond acceptors (Lipinski definition) is 3. The third kappa shape index (κ3) is 4.67. The summed E-state index contributed by atoms with van der Waals surface area (Å²) in [5.74, 6) is -0.289. The molecule has 0 bridgehead atoms. The van der Waals surface area contributed by atoms with Crippen molar-refractivity contribution in [3.63, 3.8) is 0 Å². The Morgan fingerprint density at radius 2 is 1.80 bits per heavy atom. The molecular weight excluding hydrogens is 260 g/mol. The first-order valence-corrected chi connectivity index (χ1v) is 7.50. The van der Waals surface area contributed by atoms with Crippen LogP contribution >= 0.6 is 0 Å². The molecule has 2 fully saturated rings. The standard InChI is InChI=1S/C14H24N2O4/c17-13(18)2-1-11-3-7-16(8-4-11)14(19)15-12-5-9-20-10-6-12/h11-12H,1-10H2,(H,15,19)(H,17,18). The molecule has 2 amide bonds. The van der Waals surface area contributed by atoms with Crippen LogP contribution in [0.3, 0.4) is 0 Å². The second-order valence-electron chi connectivity index (χ2n) is 5.70. The van der Waals surface area contributed by atoms with Crippen molar-refractivity contribution in [2.24, 2.45) is 5.92 Å². The van der Waals surface area contributed by atoms with Gasteiger partial charge in [-0.1, -0.05) is 0 Å². The van der Waals surface area contributed by atoms with E-state index in [9.17, 15) is 9.59 Å². The second-order valence-corrected chi connectivity index (χ2v) is 5.70. The number of ether oxygens (including phenoxy) is 1. The number of amides is 2. The molecule has 6 nitrogen and oxygen atoms in total. The van der Waals surface area contributed by atoms with Gasteiger partial charge in [0.1, 0.15) is 0 Å². The van der Waals surface area contributed by atoms with Crippen molar-refractivity contribution in [2.45, 2.75) is 44.6 Å². The fraction of sp³-hybridized carbons (Fsp3) is 0.857. The predicted molar refractivity (Wildman–Crippen MR) is 73.5 cm³/mol. The lowest BCUT2D eigenvalue weighted by molar-refractivity contribution is -0.137. The van der Waals surface area contributed by atoms with E-state index in [1.807, 2.05) is 4.90 Å². The molecule has 2 N–H and O–H groups in total. The highest BCUT2D eigenvalue weighted by atomic mass is 16.5. The van der Waals surface area contributed by atoms with E-state index in [1.165, 1.54) is 0 Å². The third-order valence-corrected chi connectivity index (χ3v) is 4.22. The number of urea groups is 1. The van der Waals surface area contributed by atoms with E-state index in [0.717, 1.165) is 58.4 Å². The summed E-state index contributed by atoms with van der Waals surface area (Å²) < 4.78 is 5.27. The van der Waals surface area contributed by atoms with Gasteiger partial charge in [-0.05, 0) is 38.0 Å². The third-order valence-electron chi connectivity index (χ3n) is 4.22. The zero-order valence-electron chi connectivity index (χ0n) is 11.8. The minimum Gasteiger partial charge on any atom is -0.481 e. The Kier molecular flexibility index (Phi) is 5.64. The van der Waals surface area contributed by atoms with Crippen LogP contribution < -0.4 is 5.32 Å². The summed E-state index contributed by atoms with van der Waals surface area (Å²) in [5, 5.41) is 11.7. The van der Waals surface area contributed by atoms with Crippen molar-refractivity contribution in [1.29, 1.82) is 0 Å². The molecule has 2 saturated heterocycles. The van der Waals surface area contributed by atoms with Crippen LogP contribution in [-0.2, 0) is 9.53 Å². The molecule has 0 aromatic heterocycles. The number of carboxylic acids is 1. The maximum Gasteiger partial charge on any atom is 0.317 e. The van der Waals surface area contributed by atoms with Crippen molar-refractivity contribution < 1.29 is 19.4 Å². The van der Waals surface area contributed by atoms with Crippen LogP contribution in [0.1, 0.15) is 38.5 Å². The number of hydrogen-bond donors (Lipinski definition) is 2. The number of carbonyl (C=O) groups excluding carboxylic acids is 1. The van der Waals surface area contributed by atoms with Gasteiger partial charge in [0.05, 0.1) is 0 Å². The van der Waals surface area contributed by atoms with E-state index in [2.05, 4.69) is 5.32 Å². The predicted octanol–water partition coefficient (Wildman–Crippen LogP) is 1.45. The molecule has 0 unspecified atom stereocenters. The molecule has 114 valence electrons. The number of carbonyl (C=O) groups is 2. The smallest absolute Gasteiger partial charge is 0.317 e. The Hall–Kier alpha value is -1.30. The second kappa shape index (κ2) is 7.47. The molecule has 2 aliphatic rings. The quantitative estimate of drug-likeness (QED) is 0.819. The Balaban J connectivity index is 1.67. The highest BCUT2D eigenvalue weighted by Crippen LogP contribution is 2.22. The number of carboxylic acid groups (broad SMARTS) is 1. The van der Waals surface area contributed by atoms with Crippen molar-refractivity contribution >= 4 is 12.0 Å². The van der Waals surface area contributed by atoms with E-state index in [4.69, 9.17) is 9.84 Å². The van der Waals surface area contributed by atoms with Crippen LogP contribution in [0.5, 0.6) is 0 Å². The molecule has 0 saturated carbocycles. The molecule has 0 aromatic rings. The summed E-state index contributed by atoms with van der Waals surface area (Å²) in [5.41, 5.74) is 0. The number of likely N-dealkylation sites (tertiary alicyclic amines) is 1. The van der Waals surface area contributed by atoms with Crippen molar-refractivity contribution in [1.82, 2.24) is 10.2 Å². The maximum absolute atomic E-state index is 12.1. The summed E-state index contributed by atoms with van der Waals surface area (Å²) in [6.07, 6.45) is 4.56. The number of piperidine rings is 1. The molecule has 2 rings (SSSR count). The van der Waals surface area contributed by atoms with Gasteiger partial charge >= 0.3 is 12.0 Å². The normalized spacial score (nSPS) is 21.7. The van der Waals surface area contributed by atoms with Crippen LogP contribution in [0.25, 0.3) is 0 Å². The van der Waals surface area contributed by atoms with Crippen molar-refractivity contribution in [3.05, 3.63) is 0 Å². The van der Waals surface area contributed by atoms with Gasteiger partial charge in [-0.3, -0.25) is 4.79 Å². The average Bonchev–Trinajstić information content (AvgIpc) is 2.46. The van der Waals surface area contributed by atoms with Crippen LogP contribution in [-0.4, -0.2) is 54.4 Å². The van der Waals surface area contributed by atoms with Gasteiger partial charge in [0.15, 0.2) is 0 Å². The Bertz CT molecular complexity index is 334. The molecule has 0 aliphatic carbocycles. The molecule has 0 aromatic carbocycles. The van der Waals surface area contributed by atoms with Gasteiger partial charge in [0.25, 0.3) is 0 Å². The van der Waals surface area contributed by atoms with Gasteiger partial charge in [-0.15, -0.1) is 0 Å². The monoisotopic (exact) mass is 284 g/mol. The van der Waals surface area contributed by atoms with Crippen LogP contribution in [0.15, 0.2) is 0 Å². The van der Waals surface area contributed by atoms with Gasteiger partial charge in [-0.25, -0.2) is 4.79 Å². The summed E-state index contributed by atoms with van der Waals surface area (Å²) in [4.78, 5) is 24.5. The molecule has 2 heterocycles. The van der Waals surface area contributed by atoms with Crippen molar-refractivity contribution in [2.75, 3.05) is 26.3 Å². The van der Waals surface area contributed by atoms with Gasteiger partial charge in [0.2, 0.25) is 0 Å². The average molecular weight is 284 g/mol. The topological polar surface area (TPSA) is 78.9 Å². The molecule has 0 spiro atoms. The van der Waals surface area contributed by atoms with Crippen molar-refractivity contribution in [3.8, 4) is 0 Å². The van der Waals surface area contributed by atoms with E-state index >= 15 is 0 Å². The fourth-order valence-electron chi connectivity index (χ4n) is 2.86. The summed E-state index contributed by atoms with van der Waals surface area (Å²) in [7, 11) is 0. The lowest BCUT2D eigenvalue weighted by atomic mass is 9.92. The highest BCUT2D eigenvalue weighted by molar-refractivity contribution is 5.74. The molecular formula is C14H24N2O4. The number of aliphatic carboxylic acids is 1. The van der Waals surface area contributed by atoms with E-state index < -0.39 is 5.97 Å². The fourth-order valence-corrected chi connectivity index (χ4v) is 2.86. The zero-order valence-corrected chi connectivity index (χ0v) is 11.8. The number of nitrogens with zero attached hydrogens (tertiary/aromatic N) is 1. The van der Waals surface area contributed by atoms with E-state index in [0.29, 0.717) is 5.92 Å². The summed E-state index contributed by atoms with van der Waals surface area (Å²) in [6.45, 7) is 2.92. The molecule has 20 heavy (non-hydrogen) atoms. The highest BCUT2D eigenvalue weighted by Gasteiger charge is 2.25. The Morgan fingerprint density at radius 3 is 2.40 bits per heavy atom. The molecule has 6 heteroatoms. The summed E-state index contributed by atoms with van der Waals surface area (Å²) in [6, 6.07) is 0.259. The Morgan fingerprint density at radius 1 is 1.15 bits per heavy atom. The lowest BCUT2D eigenvalue weighted by Gasteiger charge is -2.33. The first-order chi connectivity index (χ1) is 9.65. The number of nitrogens with one attached hydrogen (secondary N) is 1. The summed E-state index contributed by atoms with van der Waals surface area (Å²) >= 11 is 0. The zero-order chi connectivity index (χ0) is 14.4. The lowest BCUT2D eigenvalue weighted by Crippen LogP contribution is -2.49. The molecule has 0 radical (unpaired) electrons. The van der Waals surface area contributed by atoms with Crippen LogP contribution in [0, 0.1) is 5.92 Å². The Labute approximate surface area is 119 Å². The maximum atomic E-state index is 12.1. The molecule has 2 aliphatic heterocycles. The van der Waals surface area contributed by atoms with Gasteiger partial charge in [-0.2, -0.15) is 0 Å². The SMILES string of the molecule is O=C(O)CCC1CCN(C(=O)NC2CCOCC2)CC1. The minimum absolute atomic E-state index is 0.0218. The van der Waals surface area contributed by atoms with Crippen LogP contribution in [0.2, 0.25) is 0 Å². The first-order valence-electron chi connectivity index (χ1n) is 7.50.